The number of nitrogens with zero attached hydrogens (tertiary/aromatic N) is 2. The van der Waals surface area contributed by atoms with Crippen molar-refractivity contribution >= 4 is 11.5 Å². The molecule has 6 heteroatoms. The lowest BCUT2D eigenvalue weighted by Gasteiger charge is -2.38. The number of Topliss-reactive ketones (excluding diaryl/α,β-unsaturated/α-hetero) is 1. The summed E-state index contributed by atoms with van der Waals surface area (Å²) in [4.78, 5) is 15.8. The van der Waals surface area contributed by atoms with E-state index >= 15 is 0 Å². The standard InChI is InChI=1S/C29H31N3O3/c1-29(2)14-24(33)27-25(15-29)35-28(31)22(16-30)26(27)21-11-10-20(34-3)13-19(21)17-32-12-6-8-18-7-4-5-9-23(18)32/h4-5,7,9-11,13,26H,6,8,12,14-15,17,31H2,1-3H3/t26-/m1/s1. The van der Waals surface area contributed by atoms with Crippen LogP contribution in [-0.2, 0) is 22.5 Å². The molecule has 0 bridgehead atoms. The Kier molecular flexibility index (Phi) is 5.80. The first-order valence-corrected chi connectivity index (χ1v) is 12.1. The number of nitrogens with two attached hydrogens (primary N) is 1. The van der Waals surface area contributed by atoms with E-state index in [2.05, 4.69) is 49.1 Å². The van der Waals surface area contributed by atoms with Gasteiger partial charge in [0.15, 0.2) is 5.78 Å². The van der Waals surface area contributed by atoms with Gasteiger partial charge >= 0.3 is 0 Å². The Labute approximate surface area is 206 Å². The number of rotatable bonds is 4. The molecule has 2 aromatic rings. The summed E-state index contributed by atoms with van der Waals surface area (Å²) in [5, 5.41) is 10.1. The lowest BCUT2D eigenvalue weighted by Crippen LogP contribution is -2.34. The smallest absolute Gasteiger partial charge is 0.205 e. The number of carbonyl (C=O) groups is 1. The third kappa shape index (κ3) is 4.16. The number of ether oxygens (including phenoxy) is 2. The van der Waals surface area contributed by atoms with Crippen LogP contribution >= 0.6 is 0 Å². The molecule has 0 radical (unpaired) electrons. The quantitative estimate of drug-likeness (QED) is 0.670. The number of anilines is 1. The number of aryl methyl sites for hydroxylation is 1. The molecule has 2 aromatic carbocycles. The van der Waals surface area contributed by atoms with Gasteiger partial charge in [0.2, 0.25) is 5.88 Å². The third-order valence-corrected chi connectivity index (χ3v) is 7.30. The predicted molar refractivity (Wildman–Crippen MR) is 135 cm³/mol. The molecule has 3 aliphatic rings. The number of fused-ring (bicyclic) bond motifs is 1. The highest BCUT2D eigenvalue weighted by molar-refractivity contribution is 6.00. The molecule has 0 unspecified atom stereocenters. The number of benzene rings is 2. The van der Waals surface area contributed by atoms with E-state index < -0.39 is 5.92 Å². The highest BCUT2D eigenvalue weighted by Crippen LogP contribution is 2.49. The maximum atomic E-state index is 13.4. The maximum absolute atomic E-state index is 13.4. The number of para-hydroxylation sites is 1. The molecule has 0 saturated heterocycles. The van der Waals surface area contributed by atoms with Crippen molar-refractivity contribution in [1.29, 1.82) is 5.26 Å². The summed E-state index contributed by atoms with van der Waals surface area (Å²) in [6.07, 6.45) is 3.16. The minimum atomic E-state index is -0.548. The van der Waals surface area contributed by atoms with Gasteiger partial charge in [0.25, 0.3) is 0 Å². The highest BCUT2D eigenvalue weighted by Gasteiger charge is 2.43. The normalized spacial score (nSPS) is 21.1. The zero-order valence-corrected chi connectivity index (χ0v) is 20.6. The number of ketones is 1. The topological polar surface area (TPSA) is 88.6 Å². The molecule has 0 amide bonds. The molecule has 5 rings (SSSR count). The summed E-state index contributed by atoms with van der Waals surface area (Å²) < 4.78 is 11.5. The Bertz CT molecular complexity index is 1300. The van der Waals surface area contributed by atoms with Crippen molar-refractivity contribution in [2.75, 3.05) is 18.6 Å². The van der Waals surface area contributed by atoms with Gasteiger partial charge in [-0.05, 0) is 53.1 Å². The predicted octanol–water partition coefficient (Wildman–Crippen LogP) is 5.10. The zero-order chi connectivity index (χ0) is 24.7. The number of allylic oxidation sites excluding steroid dienone is 3. The van der Waals surface area contributed by atoms with Gasteiger partial charge in [-0.15, -0.1) is 0 Å². The summed E-state index contributed by atoms with van der Waals surface area (Å²) in [5.41, 5.74) is 11.4. The second kappa shape index (κ2) is 8.81. The minimum Gasteiger partial charge on any atom is -0.497 e. The summed E-state index contributed by atoms with van der Waals surface area (Å²) >= 11 is 0. The molecule has 1 aliphatic carbocycles. The van der Waals surface area contributed by atoms with Gasteiger partial charge in [0, 0.05) is 37.2 Å². The fourth-order valence-electron chi connectivity index (χ4n) is 5.70. The van der Waals surface area contributed by atoms with Gasteiger partial charge in [-0.3, -0.25) is 4.79 Å². The van der Waals surface area contributed by atoms with Gasteiger partial charge in [-0.2, -0.15) is 5.26 Å². The largest absolute Gasteiger partial charge is 0.497 e. The molecular weight excluding hydrogens is 438 g/mol. The number of nitriles is 1. The van der Waals surface area contributed by atoms with Crippen LogP contribution in [0.15, 0.2) is 65.3 Å². The molecule has 2 N–H and O–H groups in total. The monoisotopic (exact) mass is 469 g/mol. The summed E-state index contributed by atoms with van der Waals surface area (Å²) in [6, 6.07) is 16.6. The van der Waals surface area contributed by atoms with Gasteiger partial charge in [0.05, 0.1) is 13.0 Å². The number of hydrogen-bond acceptors (Lipinski definition) is 6. The Balaban J connectivity index is 1.64. The average molecular weight is 470 g/mol. The maximum Gasteiger partial charge on any atom is 0.205 e. The van der Waals surface area contributed by atoms with Gasteiger partial charge in [-0.25, -0.2) is 0 Å². The molecule has 1 atom stereocenters. The molecule has 180 valence electrons. The number of methoxy groups -OCH3 is 1. The minimum absolute atomic E-state index is 0.0200. The zero-order valence-electron chi connectivity index (χ0n) is 20.6. The lowest BCUT2D eigenvalue weighted by molar-refractivity contribution is -0.119. The molecule has 0 aromatic heterocycles. The summed E-state index contributed by atoms with van der Waals surface area (Å²) in [6.45, 7) is 5.69. The third-order valence-electron chi connectivity index (χ3n) is 7.30. The van der Waals surface area contributed by atoms with Crippen molar-refractivity contribution in [3.05, 3.63) is 81.9 Å². The van der Waals surface area contributed by atoms with Gasteiger partial charge in [0.1, 0.15) is 23.2 Å². The fourth-order valence-corrected chi connectivity index (χ4v) is 5.70. The second-order valence-corrected chi connectivity index (χ2v) is 10.4. The van der Waals surface area contributed by atoms with Gasteiger partial charge in [-0.1, -0.05) is 38.1 Å². The van der Waals surface area contributed by atoms with Crippen molar-refractivity contribution in [3.8, 4) is 11.8 Å². The average Bonchev–Trinajstić information content (AvgIpc) is 2.82. The second-order valence-electron chi connectivity index (χ2n) is 10.4. The van der Waals surface area contributed by atoms with Crippen LogP contribution in [0.3, 0.4) is 0 Å². The molecule has 6 nitrogen and oxygen atoms in total. The van der Waals surface area contributed by atoms with Crippen LogP contribution < -0.4 is 15.4 Å². The van der Waals surface area contributed by atoms with Crippen molar-refractivity contribution in [3.63, 3.8) is 0 Å². The number of hydrogen-bond donors (Lipinski definition) is 1. The van der Waals surface area contributed by atoms with Crippen molar-refractivity contribution in [2.45, 2.75) is 52.0 Å². The van der Waals surface area contributed by atoms with Crippen molar-refractivity contribution < 1.29 is 14.3 Å². The molecule has 0 saturated carbocycles. The van der Waals surface area contributed by atoms with Crippen LogP contribution in [0.5, 0.6) is 5.75 Å². The SMILES string of the molecule is COc1ccc([C@@H]2C(C#N)=C(N)OC3=C2C(=O)CC(C)(C)C3)c(CN2CCCc3ccccc32)c1. The Hall–Kier alpha value is -3.72. The first kappa shape index (κ1) is 23.0. The van der Waals surface area contributed by atoms with Crippen LogP contribution in [0.4, 0.5) is 5.69 Å². The molecule has 35 heavy (non-hydrogen) atoms. The molecule has 2 heterocycles. The van der Waals surface area contributed by atoms with Gasteiger partial charge < -0.3 is 20.1 Å². The van der Waals surface area contributed by atoms with E-state index in [0.29, 0.717) is 36.3 Å². The fraction of sp³-hybridized carbons (Fsp3) is 0.379. The highest BCUT2D eigenvalue weighted by atomic mass is 16.5. The number of carbonyl (C=O) groups excluding carboxylic acids is 1. The molecular formula is C29H31N3O3. The van der Waals surface area contributed by atoms with Crippen molar-refractivity contribution in [1.82, 2.24) is 0 Å². The molecule has 0 fully saturated rings. The van der Waals surface area contributed by atoms with E-state index in [1.807, 2.05) is 18.2 Å². The van der Waals surface area contributed by atoms with Crippen LogP contribution in [0.2, 0.25) is 0 Å². The van der Waals surface area contributed by atoms with E-state index in [4.69, 9.17) is 15.2 Å². The van der Waals surface area contributed by atoms with E-state index in [9.17, 15) is 10.1 Å². The summed E-state index contributed by atoms with van der Waals surface area (Å²) in [7, 11) is 1.65. The van der Waals surface area contributed by atoms with Crippen LogP contribution in [-0.4, -0.2) is 19.4 Å². The van der Waals surface area contributed by atoms with E-state index in [0.717, 1.165) is 36.3 Å². The summed E-state index contributed by atoms with van der Waals surface area (Å²) in [5.74, 6) is 0.895. The van der Waals surface area contributed by atoms with E-state index in [1.54, 1.807) is 7.11 Å². The van der Waals surface area contributed by atoms with E-state index in [-0.39, 0.29) is 17.1 Å². The molecule has 2 aliphatic heterocycles. The Morgan fingerprint density at radius 2 is 2.03 bits per heavy atom. The van der Waals surface area contributed by atoms with Crippen LogP contribution in [0.1, 0.15) is 55.7 Å². The molecule has 0 spiro atoms. The van der Waals surface area contributed by atoms with E-state index in [1.165, 1.54) is 11.3 Å². The van der Waals surface area contributed by atoms with Crippen LogP contribution in [0.25, 0.3) is 0 Å². The Morgan fingerprint density at radius 3 is 2.80 bits per heavy atom. The van der Waals surface area contributed by atoms with Crippen molar-refractivity contribution in [2.24, 2.45) is 11.1 Å². The Morgan fingerprint density at radius 1 is 1.23 bits per heavy atom. The lowest BCUT2D eigenvalue weighted by atomic mass is 9.69. The first-order chi connectivity index (χ1) is 16.8. The first-order valence-electron chi connectivity index (χ1n) is 12.1. The van der Waals surface area contributed by atoms with Crippen LogP contribution in [0, 0.1) is 16.7 Å².